The number of amides is 1. The normalized spacial score (nSPS) is 14.1. The number of hydrogen-bond donors (Lipinski definition) is 0. The Morgan fingerprint density at radius 1 is 1.20 bits per heavy atom. The number of rotatable bonds is 3. The molecule has 1 saturated heterocycles. The van der Waals surface area contributed by atoms with E-state index in [0.29, 0.717) is 37.3 Å². The van der Waals surface area contributed by atoms with Gasteiger partial charge in [0.1, 0.15) is 0 Å². The van der Waals surface area contributed by atoms with Gasteiger partial charge in [-0.25, -0.2) is 0 Å². The van der Waals surface area contributed by atoms with Gasteiger partial charge in [0.2, 0.25) is 0 Å². The number of anilines is 2. The van der Waals surface area contributed by atoms with E-state index in [1.807, 2.05) is 30.0 Å². The van der Waals surface area contributed by atoms with Crippen molar-refractivity contribution in [3.05, 3.63) is 47.7 Å². The summed E-state index contributed by atoms with van der Waals surface area (Å²) in [5.41, 5.74) is 2.05. The minimum absolute atomic E-state index is 0.0372. The Balaban J connectivity index is 1.66. The highest BCUT2D eigenvalue weighted by Gasteiger charge is 2.23. The van der Waals surface area contributed by atoms with Crippen LogP contribution in [0.1, 0.15) is 15.9 Å². The summed E-state index contributed by atoms with van der Waals surface area (Å²) in [5.74, 6) is 0.787. The molecule has 1 amide bonds. The van der Waals surface area contributed by atoms with Crippen molar-refractivity contribution < 1.29 is 4.79 Å². The lowest BCUT2D eigenvalue weighted by molar-refractivity contribution is 0.0746. The van der Waals surface area contributed by atoms with Crippen LogP contribution in [0, 0.1) is 11.3 Å². The number of carbonyl (C=O) groups excluding carboxylic acids is 1. The molecule has 7 heteroatoms. The lowest BCUT2D eigenvalue weighted by Crippen LogP contribution is -2.49. The standard InChI is InChI=1S/C18H20N6O/c1-22(2)16-11-17(21-20-13-16)23-6-8-24(9-7-23)18(25)15-5-3-4-14(10-15)12-19/h3-5,10-11,13H,6-9H2,1-2H3. The Bertz CT molecular complexity index is 805. The van der Waals surface area contributed by atoms with Crippen LogP contribution in [0.25, 0.3) is 0 Å². The Labute approximate surface area is 147 Å². The van der Waals surface area contributed by atoms with Gasteiger partial charge in [-0.1, -0.05) is 6.07 Å². The van der Waals surface area contributed by atoms with E-state index in [9.17, 15) is 4.79 Å². The third kappa shape index (κ3) is 3.69. The van der Waals surface area contributed by atoms with Crippen molar-refractivity contribution >= 4 is 17.4 Å². The fraction of sp³-hybridized carbons (Fsp3) is 0.333. The van der Waals surface area contributed by atoms with Crippen LogP contribution in [0.3, 0.4) is 0 Å². The molecule has 0 unspecified atom stereocenters. The van der Waals surface area contributed by atoms with Gasteiger partial charge in [-0.3, -0.25) is 4.79 Å². The van der Waals surface area contributed by atoms with Crippen molar-refractivity contribution in [2.45, 2.75) is 0 Å². The van der Waals surface area contributed by atoms with E-state index in [1.54, 1.807) is 30.5 Å². The molecule has 1 aromatic carbocycles. The quantitative estimate of drug-likeness (QED) is 0.843. The molecule has 1 aliphatic heterocycles. The molecule has 2 aromatic rings. The maximum atomic E-state index is 12.6. The largest absolute Gasteiger partial charge is 0.376 e. The molecule has 0 aliphatic carbocycles. The van der Waals surface area contributed by atoms with Crippen LogP contribution < -0.4 is 9.80 Å². The molecule has 0 saturated carbocycles. The maximum absolute atomic E-state index is 12.6. The second kappa shape index (κ2) is 7.18. The third-order valence-electron chi connectivity index (χ3n) is 4.27. The van der Waals surface area contributed by atoms with Crippen LogP contribution >= 0.6 is 0 Å². The predicted octanol–water partition coefficient (Wildman–Crippen LogP) is 1.38. The van der Waals surface area contributed by atoms with Crippen LogP contribution in [0.2, 0.25) is 0 Å². The van der Waals surface area contributed by atoms with E-state index in [2.05, 4.69) is 21.2 Å². The summed E-state index contributed by atoms with van der Waals surface area (Å²) in [4.78, 5) is 18.6. The topological polar surface area (TPSA) is 76.4 Å². The molecule has 0 radical (unpaired) electrons. The molecule has 1 fully saturated rings. The van der Waals surface area contributed by atoms with Crippen LogP contribution in [-0.4, -0.2) is 61.3 Å². The fourth-order valence-corrected chi connectivity index (χ4v) is 2.79. The van der Waals surface area contributed by atoms with E-state index in [1.165, 1.54) is 0 Å². The fourth-order valence-electron chi connectivity index (χ4n) is 2.79. The van der Waals surface area contributed by atoms with Crippen LogP contribution in [0.5, 0.6) is 0 Å². The van der Waals surface area contributed by atoms with Crippen LogP contribution in [-0.2, 0) is 0 Å². The molecular weight excluding hydrogens is 316 g/mol. The summed E-state index contributed by atoms with van der Waals surface area (Å²) in [6, 6.07) is 10.9. The zero-order valence-corrected chi connectivity index (χ0v) is 14.4. The molecule has 0 N–H and O–H groups in total. The Morgan fingerprint density at radius 3 is 2.64 bits per heavy atom. The molecule has 1 aromatic heterocycles. The van der Waals surface area contributed by atoms with Gasteiger partial charge in [0.15, 0.2) is 5.82 Å². The van der Waals surface area contributed by atoms with E-state index in [4.69, 9.17) is 5.26 Å². The monoisotopic (exact) mass is 336 g/mol. The van der Waals surface area contributed by atoms with Crippen molar-refractivity contribution in [2.75, 3.05) is 50.1 Å². The molecule has 2 heterocycles. The lowest BCUT2D eigenvalue weighted by atomic mass is 10.1. The molecule has 25 heavy (non-hydrogen) atoms. The van der Waals surface area contributed by atoms with Crippen LogP contribution in [0.4, 0.5) is 11.5 Å². The number of hydrogen-bond acceptors (Lipinski definition) is 6. The first-order valence-corrected chi connectivity index (χ1v) is 8.13. The summed E-state index contributed by atoms with van der Waals surface area (Å²) in [6.45, 7) is 2.64. The molecule has 0 atom stereocenters. The van der Waals surface area contributed by atoms with E-state index in [-0.39, 0.29) is 5.91 Å². The molecule has 0 spiro atoms. The van der Waals surface area contributed by atoms with Crippen molar-refractivity contribution in [1.82, 2.24) is 15.1 Å². The molecule has 7 nitrogen and oxygen atoms in total. The number of carbonyl (C=O) groups is 1. The Hall–Kier alpha value is -3.14. The number of nitriles is 1. The zero-order chi connectivity index (χ0) is 17.8. The van der Waals surface area contributed by atoms with Crippen molar-refractivity contribution in [2.24, 2.45) is 0 Å². The second-order valence-corrected chi connectivity index (χ2v) is 6.14. The van der Waals surface area contributed by atoms with E-state index < -0.39 is 0 Å². The van der Waals surface area contributed by atoms with Crippen molar-refractivity contribution in [3.63, 3.8) is 0 Å². The minimum Gasteiger partial charge on any atom is -0.376 e. The summed E-state index contributed by atoms with van der Waals surface area (Å²) in [7, 11) is 3.93. The minimum atomic E-state index is -0.0372. The zero-order valence-electron chi connectivity index (χ0n) is 14.4. The maximum Gasteiger partial charge on any atom is 0.254 e. The van der Waals surface area contributed by atoms with Crippen molar-refractivity contribution in [1.29, 1.82) is 5.26 Å². The van der Waals surface area contributed by atoms with Gasteiger partial charge in [0.25, 0.3) is 5.91 Å². The highest BCUT2D eigenvalue weighted by molar-refractivity contribution is 5.94. The highest BCUT2D eigenvalue weighted by atomic mass is 16.2. The second-order valence-electron chi connectivity index (χ2n) is 6.14. The highest BCUT2D eigenvalue weighted by Crippen LogP contribution is 2.19. The van der Waals surface area contributed by atoms with Gasteiger partial charge in [0.05, 0.1) is 23.5 Å². The van der Waals surface area contributed by atoms with E-state index in [0.717, 1.165) is 11.5 Å². The summed E-state index contributed by atoms with van der Waals surface area (Å²) in [5, 5.41) is 17.2. The van der Waals surface area contributed by atoms with Gasteiger partial charge in [0, 0.05) is 51.9 Å². The number of aromatic nitrogens is 2. The van der Waals surface area contributed by atoms with Gasteiger partial charge in [-0.05, 0) is 18.2 Å². The van der Waals surface area contributed by atoms with Gasteiger partial charge in [-0.15, -0.1) is 5.10 Å². The molecule has 0 bridgehead atoms. The first kappa shape index (κ1) is 16.7. The number of benzene rings is 1. The first-order valence-electron chi connectivity index (χ1n) is 8.13. The van der Waals surface area contributed by atoms with Gasteiger partial charge in [-0.2, -0.15) is 10.4 Å². The van der Waals surface area contributed by atoms with Crippen LogP contribution in [0.15, 0.2) is 36.5 Å². The predicted molar refractivity (Wildman–Crippen MR) is 95.6 cm³/mol. The molecule has 1 aliphatic rings. The summed E-state index contributed by atoms with van der Waals surface area (Å²) >= 11 is 0. The molecule has 128 valence electrons. The third-order valence-corrected chi connectivity index (χ3v) is 4.27. The summed E-state index contributed by atoms with van der Waals surface area (Å²) < 4.78 is 0. The van der Waals surface area contributed by atoms with E-state index >= 15 is 0 Å². The SMILES string of the molecule is CN(C)c1cnnc(N2CCN(C(=O)c3cccc(C#N)c3)CC2)c1. The first-order chi connectivity index (χ1) is 12.1. The smallest absolute Gasteiger partial charge is 0.254 e. The lowest BCUT2D eigenvalue weighted by Gasteiger charge is -2.35. The number of piperazine rings is 1. The van der Waals surface area contributed by atoms with Crippen molar-refractivity contribution in [3.8, 4) is 6.07 Å². The molecular formula is C18H20N6O. The number of nitrogens with zero attached hydrogens (tertiary/aromatic N) is 6. The average Bonchev–Trinajstić information content (AvgIpc) is 2.67. The Morgan fingerprint density at radius 2 is 1.96 bits per heavy atom. The Kier molecular flexibility index (Phi) is 4.80. The average molecular weight is 336 g/mol. The van der Waals surface area contributed by atoms with Gasteiger partial charge >= 0.3 is 0 Å². The summed E-state index contributed by atoms with van der Waals surface area (Å²) in [6.07, 6.45) is 1.73. The molecule has 3 rings (SSSR count). The van der Waals surface area contributed by atoms with Gasteiger partial charge < -0.3 is 14.7 Å².